The van der Waals surface area contributed by atoms with Crippen molar-refractivity contribution in [2.45, 2.75) is 32.4 Å². The molecule has 1 aliphatic carbocycles. The number of hydrogen-bond acceptors (Lipinski definition) is 4. The average Bonchev–Trinajstić information content (AvgIpc) is 3.08. The Balaban J connectivity index is 1.58. The Morgan fingerprint density at radius 3 is 2.95 bits per heavy atom. The summed E-state index contributed by atoms with van der Waals surface area (Å²) in [5.74, 6) is 0.526. The molecule has 2 amide bonds. The minimum atomic E-state index is -0.152. The van der Waals surface area contributed by atoms with Gasteiger partial charge in [-0.15, -0.1) is 11.3 Å². The zero-order valence-electron chi connectivity index (χ0n) is 12.2. The molecular weight excluding hydrogens is 286 g/mol. The number of carbonyl (C=O) groups excluding carboxylic acids is 1. The van der Waals surface area contributed by atoms with Gasteiger partial charge in [-0.2, -0.15) is 5.10 Å². The Morgan fingerprint density at radius 1 is 1.57 bits per heavy atom. The number of carbonyl (C=O) groups is 1. The highest BCUT2D eigenvalue weighted by Crippen LogP contribution is 2.41. The van der Waals surface area contributed by atoms with Gasteiger partial charge in [-0.3, -0.25) is 4.68 Å². The summed E-state index contributed by atoms with van der Waals surface area (Å²) in [6.07, 6.45) is 4.04. The van der Waals surface area contributed by atoms with Crippen LogP contribution >= 0.6 is 11.3 Å². The van der Waals surface area contributed by atoms with E-state index in [0.29, 0.717) is 12.5 Å². The van der Waals surface area contributed by atoms with Gasteiger partial charge in [0.2, 0.25) is 0 Å². The Hall–Kier alpha value is -1.89. The first-order chi connectivity index (χ1) is 10.1. The summed E-state index contributed by atoms with van der Waals surface area (Å²) in [4.78, 5) is 16.6. The van der Waals surface area contributed by atoms with Gasteiger partial charge in [0.1, 0.15) is 5.01 Å². The molecule has 0 saturated heterocycles. The Bertz CT molecular complexity index is 631. The van der Waals surface area contributed by atoms with Crippen molar-refractivity contribution < 1.29 is 4.79 Å². The summed E-state index contributed by atoms with van der Waals surface area (Å²) in [7, 11) is 1.86. The van der Waals surface area contributed by atoms with Crippen LogP contribution in [-0.2, 0) is 13.6 Å². The smallest absolute Gasteiger partial charge is 0.315 e. The van der Waals surface area contributed by atoms with Gasteiger partial charge in [0.05, 0.1) is 18.3 Å². The Labute approximate surface area is 127 Å². The molecule has 0 radical (unpaired) electrons. The second-order valence-electron chi connectivity index (χ2n) is 5.42. The molecule has 0 spiro atoms. The molecule has 1 saturated carbocycles. The first kappa shape index (κ1) is 14.1. The maximum absolute atomic E-state index is 12.1. The van der Waals surface area contributed by atoms with Crippen molar-refractivity contribution in [1.82, 2.24) is 25.4 Å². The van der Waals surface area contributed by atoms with Crippen molar-refractivity contribution in [3.05, 3.63) is 34.0 Å². The summed E-state index contributed by atoms with van der Waals surface area (Å²) in [6.45, 7) is 2.45. The molecule has 0 aromatic carbocycles. The second-order valence-corrected chi connectivity index (χ2v) is 6.31. The third-order valence-electron chi connectivity index (χ3n) is 3.64. The van der Waals surface area contributed by atoms with Crippen LogP contribution in [0.25, 0.3) is 0 Å². The summed E-state index contributed by atoms with van der Waals surface area (Å²) < 4.78 is 1.75. The highest BCUT2D eigenvalue weighted by molar-refractivity contribution is 7.09. The number of nitrogens with zero attached hydrogens (tertiary/aromatic N) is 3. The monoisotopic (exact) mass is 305 g/mol. The normalized spacial score (nSPS) is 15.7. The zero-order chi connectivity index (χ0) is 14.8. The van der Waals surface area contributed by atoms with E-state index in [0.717, 1.165) is 29.2 Å². The van der Waals surface area contributed by atoms with Gasteiger partial charge in [0, 0.05) is 24.3 Å². The maximum Gasteiger partial charge on any atom is 0.315 e. The molecule has 3 rings (SSSR count). The van der Waals surface area contributed by atoms with Gasteiger partial charge in [0.15, 0.2) is 0 Å². The molecular formula is C14H19N5OS. The lowest BCUT2D eigenvalue weighted by molar-refractivity contribution is 0.235. The molecule has 2 aromatic heterocycles. The van der Waals surface area contributed by atoms with Crippen molar-refractivity contribution in [3.8, 4) is 0 Å². The van der Waals surface area contributed by atoms with Gasteiger partial charge in [-0.1, -0.05) is 0 Å². The van der Waals surface area contributed by atoms with Crippen LogP contribution in [0.5, 0.6) is 0 Å². The molecule has 0 unspecified atom stereocenters. The average molecular weight is 305 g/mol. The highest BCUT2D eigenvalue weighted by Gasteiger charge is 2.35. The van der Waals surface area contributed by atoms with E-state index in [2.05, 4.69) is 20.7 Å². The van der Waals surface area contributed by atoms with Crippen molar-refractivity contribution in [1.29, 1.82) is 0 Å². The Morgan fingerprint density at radius 2 is 2.38 bits per heavy atom. The molecule has 1 fully saturated rings. The van der Waals surface area contributed by atoms with Gasteiger partial charge in [-0.25, -0.2) is 9.78 Å². The van der Waals surface area contributed by atoms with Crippen LogP contribution in [0.1, 0.15) is 35.3 Å². The van der Waals surface area contributed by atoms with Crippen LogP contribution in [0.4, 0.5) is 4.79 Å². The first-order valence-corrected chi connectivity index (χ1v) is 7.94. The van der Waals surface area contributed by atoms with Crippen LogP contribution in [0.3, 0.4) is 0 Å². The predicted molar refractivity (Wildman–Crippen MR) is 80.9 cm³/mol. The summed E-state index contributed by atoms with van der Waals surface area (Å²) in [5, 5.41) is 13.1. The van der Waals surface area contributed by atoms with E-state index in [-0.39, 0.29) is 12.1 Å². The van der Waals surface area contributed by atoms with Crippen LogP contribution in [0, 0.1) is 12.8 Å². The lowest BCUT2D eigenvalue weighted by Crippen LogP contribution is -2.38. The summed E-state index contributed by atoms with van der Waals surface area (Å²) in [6, 6.07) is 1.78. The van der Waals surface area contributed by atoms with E-state index >= 15 is 0 Å². The van der Waals surface area contributed by atoms with Crippen LogP contribution in [0.2, 0.25) is 0 Å². The number of aromatic nitrogens is 3. The minimum absolute atomic E-state index is 0.0373. The fourth-order valence-electron chi connectivity index (χ4n) is 2.26. The number of aryl methyl sites for hydroxylation is 2. The van der Waals surface area contributed by atoms with Crippen molar-refractivity contribution in [2.24, 2.45) is 13.0 Å². The van der Waals surface area contributed by atoms with Crippen LogP contribution in [-0.4, -0.2) is 20.8 Å². The van der Waals surface area contributed by atoms with Crippen LogP contribution < -0.4 is 10.6 Å². The summed E-state index contributed by atoms with van der Waals surface area (Å²) >= 11 is 1.62. The van der Waals surface area contributed by atoms with Gasteiger partial charge >= 0.3 is 6.03 Å². The van der Waals surface area contributed by atoms with E-state index in [4.69, 9.17) is 0 Å². The van der Waals surface area contributed by atoms with Crippen molar-refractivity contribution >= 4 is 17.4 Å². The predicted octanol–water partition coefficient (Wildman–Crippen LogP) is 2.14. The van der Waals surface area contributed by atoms with Gasteiger partial charge < -0.3 is 10.6 Å². The Kier molecular flexibility index (Phi) is 3.92. The standard InChI is InChI=1S/C14H19N5OS/c1-9-8-21-13(17-9)12(10-3-4-10)18-14(20)15-7-11-5-6-16-19(11)2/h5-6,8,10,12H,3-4,7H2,1-2H3,(H2,15,18,20)/t12-/m0/s1. The van der Waals surface area contributed by atoms with Crippen molar-refractivity contribution in [2.75, 3.05) is 0 Å². The molecule has 2 heterocycles. The quantitative estimate of drug-likeness (QED) is 0.889. The topological polar surface area (TPSA) is 71.8 Å². The van der Waals surface area contributed by atoms with E-state index < -0.39 is 0 Å². The lowest BCUT2D eigenvalue weighted by atomic mass is 10.2. The van der Waals surface area contributed by atoms with E-state index in [9.17, 15) is 4.79 Å². The molecule has 0 aliphatic heterocycles. The molecule has 1 aliphatic rings. The fourth-order valence-corrected chi connectivity index (χ4v) is 3.20. The van der Waals surface area contributed by atoms with Gasteiger partial charge in [0.25, 0.3) is 0 Å². The molecule has 6 nitrogen and oxygen atoms in total. The molecule has 7 heteroatoms. The molecule has 2 aromatic rings. The number of urea groups is 1. The van der Waals surface area contributed by atoms with E-state index in [1.54, 1.807) is 22.2 Å². The zero-order valence-corrected chi connectivity index (χ0v) is 13.0. The second kappa shape index (κ2) is 5.85. The lowest BCUT2D eigenvalue weighted by Gasteiger charge is -2.16. The molecule has 1 atom stereocenters. The van der Waals surface area contributed by atoms with Crippen LogP contribution in [0.15, 0.2) is 17.6 Å². The molecule has 21 heavy (non-hydrogen) atoms. The molecule has 2 N–H and O–H groups in total. The number of nitrogens with one attached hydrogen (secondary N) is 2. The highest BCUT2D eigenvalue weighted by atomic mass is 32.1. The number of rotatable bonds is 5. The number of amides is 2. The third-order valence-corrected chi connectivity index (χ3v) is 4.68. The maximum atomic E-state index is 12.1. The number of thiazole rings is 1. The summed E-state index contributed by atoms with van der Waals surface area (Å²) in [5.41, 5.74) is 1.98. The third kappa shape index (κ3) is 3.41. The minimum Gasteiger partial charge on any atom is -0.333 e. The number of hydrogen-bond donors (Lipinski definition) is 2. The fraction of sp³-hybridized carbons (Fsp3) is 0.500. The molecule has 112 valence electrons. The van der Waals surface area contributed by atoms with Gasteiger partial charge in [-0.05, 0) is 31.7 Å². The van der Waals surface area contributed by atoms with E-state index in [1.165, 1.54) is 0 Å². The van der Waals surface area contributed by atoms with E-state index in [1.807, 2.05) is 25.4 Å². The molecule has 0 bridgehead atoms. The SMILES string of the molecule is Cc1csc([C@@H](NC(=O)NCc2ccnn2C)C2CC2)n1. The van der Waals surface area contributed by atoms with Crippen molar-refractivity contribution in [3.63, 3.8) is 0 Å². The first-order valence-electron chi connectivity index (χ1n) is 7.07. The largest absolute Gasteiger partial charge is 0.333 e.